The quantitative estimate of drug-likeness (QED) is 0.743. The molecule has 0 aliphatic carbocycles. The molecule has 1 amide bonds. The Morgan fingerprint density at radius 2 is 2.00 bits per heavy atom. The van der Waals surface area contributed by atoms with Gasteiger partial charge in [-0.25, -0.2) is 0 Å². The first kappa shape index (κ1) is 8.50. The summed E-state index contributed by atoms with van der Waals surface area (Å²) in [7, 11) is 0. The van der Waals surface area contributed by atoms with Crippen molar-refractivity contribution in [3.63, 3.8) is 0 Å². The van der Waals surface area contributed by atoms with E-state index in [0.717, 1.165) is 12.1 Å². The number of aromatic amines is 1. The number of amides is 1. The molecule has 4 heteroatoms. The van der Waals surface area contributed by atoms with Gasteiger partial charge in [0.1, 0.15) is 0 Å². The van der Waals surface area contributed by atoms with Gasteiger partial charge in [0.15, 0.2) is 5.82 Å². The number of benzene rings is 1. The largest absolute Gasteiger partial charge is 0.284 e. The number of carbonyl (C=O) groups is 1. The summed E-state index contributed by atoms with van der Waals surface area (Å²) >= 11 is 0. The standard InChI is InChI=1S/C10H9N3O/c14-8-13(10-6-7-11-12-10)9-4-2-1-3-5-9/h1-8H,(H,11,12). The molecule has 14 heavy (non-hydrogen) atoms. The van der Waals surface area contributed by atoms with E-state index in [0.29, 0.717) is 5.82 Å². The number of anilines is 2. The van der Waals surface area contributed by atoms with Crippen LogP contribution in [0.5, 0.6) is 0 Å². The van der Waals surface area contributed by atoms with Crippen LogP contribution in [0.15, 0.2) is 42.6 Å². The normalized spacial score (nSPS) is 9.71. The Hall–Kier alpha value is -2.10. The first-order valence-electron chi connectivity index (χ1n) is 4.21. The Morgan fingerprint density at radius 3 is 2.57 bits per heavy atom. The molecule has 70 valence electrons. The molecule has 0 saturated carbocycles. The maximum absolute atomic E-state index is 10.9. The van der Waals surface area contributed by atoms with Crippen molar-refractivity contribution >= 4 is 17.9 Å². The van der Waals surface area contributed by atoms with Gasteiger partial charge in [0.2, 0.25) is 6.41 Å². The van der Waals surface area contributed by atoms with E-state index < -0.39 is 0 Å². The number of hydrogen-bond donors (Lipinski definition) is 1. The van der Waals surface area contributed by atoms with Gasteiger partial charge in [0.05, 0.1) is 5.69 Å². The lowest BCUT2D eigenvalue weighted by Gasteiger charge is -2.13. The van der Waals surface area contributed by atoms with Gasteiger partial charge in [-0.1, -0.05) is 18.2 Å². The molecule has 2 rings (SSSR count). The number of H-pyrrole nitrogens is 1. The summed E-state index contributed by atoms with van der Waals surface area (Å²) in [6.07, 6.45) is 2.42. The maximum Gasteiger partial charge on any atom is 0.219 e. The lowest BCUT2D eigenvalue weighted by atomic mass is 10.3. The van der Waals surface area contributed by atoms with E-state index in [-0.39, 0.29) is 0 Å². The summed E-state index contributed by atoms with van der Waals surface area (Å²) in [5.41, 5.74) is 0.801. The highest BCUT2D eigenvalue weighted by Crippen LogP contribution is 2.19. The second kappa shape index (κ2) is 3.74. The Morgan fingerprint density at radius 1 is 1.21 bits per heavy atom. The van der Waals surface area contributed by atoms with E-state index in [9.17, 15) is 4.79 Å². The van der Waals surface area contributed by atoms with E-state index in [1.54, 1.807) is 12.3 Å². The second-order valence-corrected chi connectivity index (χ2v) is 2.74. The Labute approximate surface area is 81.2 Å². The summed E-state index contributed by atoms with van der Waals surface area (Å²) < 4.78 is 0. The summed E-state index contributed by atoms with van der Waals surface area (Å²) in [6.45, 7) is 0. The number of rotatable bonds is 3. The highest BCUT2D eigenvalue weighted by molar-refractivity contribution is 5.84. The Bertz CT molecular complexity index is 397. The fourth-order valence-electron chi connectivity index (χ4n) is 1.22. The molecule has 0 radical (unpaired) electrons. The highest BCUT2D eigenvalue weighted by Gasteiger charge is 2.08. The average molecular weight is 187 g/mol. The number of carbonyl (C=O) groups excluding carboxylic acids is 1. The van der Waals surface area contributed by atoms with Crippen molar-refractivity contribution in [3.05, 3.63) is 42.6 Å². The summed E-state index contributed by atoms with van der Waals surface area (Å²) in [6, 6.07) is 11.1. The second-order valence-electron chi connectivity index (χ2n) is 2.74. The molecule has 1 heterocycles. The van der Waals surface area contributed by atoms with Crippen LogP contribution in [0.2, 0.25) is 0 Å². The predicted octanol–water partition coefficient (Wildman–Crippen LogP) is 1.70. The Kier molecular flexibility index (Phi) is 2.27. The minimum Gasteiger partial charge on any atom is -0.284 e. The van der Waals surface area contributed by atoms with Gasteiger partial charge in [-0.3, -0.25) is 14.8 Å². The summed E-state index contributed by atoms with van der Waals surface area (Å²) in [4.78, 5) is 12.3. The minimum absolute atomic E-state index is 0.589. The van der Waals surface area contributed by atoms with Gasteiger partial charge >= 0.3 is 0 Å². The number of para-hydroxylation sites is 1. The highest BCUT2D eigenvalue weighted by atomic mass is 16.1. The zero-order chi connectivity index (χ0) is 9.80. The summed E-state index contributed by atoms with van der Waals surface area (Å²) in [5.74, 6) is 0.589. The molecule has 0 fully saturated rings. The molecule has 1 aromatic heterocycles. The van der Waals surface area contributed by atoms with Crippen LogP contribution in [0, 0.1) is 0 Å². The third-order valence-corrected chi connectivity index (χ3v) is 1.87. The smallest absolute Gasteiger partial charge is 0.219 e. The maximum atomic E-state index is 10.9. The zero-order valence-electron chi connectivity index (χ0n) is 7.42. The lowest BCUT2D eigenvalue weighted by molar-refractivity contribution is -0.106. The van der Waals surface area contributed by atoms with Crippen LogP contribution in [-0.2, 0) is 4.79 Å². The SMILES string of the molecule is O=CN(c1ccccc1)c1cc[nH]n1. The van der Waals surface area contributed by atoms with E-state index >= 15 is 0 Å². The molecule has 2 aromatic rings. The number of nitrogens with zero attached hydrogens (tertiary/aromatic N) is 2. The topological polar surface area (TPSA) is 49.0 Å². The third-order valence-electron chi connectivity index (χ3n) is 1.87. The van der Waals surface area contributed by atoms with Crippen molar-refractivity contribution in [2.24, 2.45) is 0 Å². The first-order valence-corrected chi connectivity index (χ1v) is 4.21. The molecule has 0 aliphatic heterocycles. The van der Waals surface area contributed by atoms with Crippen LogP contribution in [0.4, 0.5) is 11.5 Å². The van der Waals surface area contributed by atoms with Crippen LogP contribution in [0.25, 0.3) is 0 Å². The number of aromatic nitrogens is 2. The molecule has 1 N–H and O–H groups in total. The predicted molar refractivity (Wildman–Crippen MR) is 53.2 cm³/mol. The van der Waals surface area contributed by atoms with E-state index in [1.165, 1.54) is 4.90 Å². The van der Waals surface area contributed by atoms with Crippen LogP contribution in [0.3, 0.4) is 0 Å². The van der Waals surface area contributed by atoms with Crippen LogP contribution in [0.1, 0.15) is 0 Å². The molecular weight excluding hydrogens is 178 g/mol. The third kappa shape index (κ3) is 1.50. The molecule has 0 unspecified atom stereocenters. The van der Waals surface area contributed by atoms with Crippen molar-refractivity contribution in [1.82, 2.24) is 10.2 Å². The molecular formula is C10H9N3O. The monoisotopic (exact) mass is 187 g/mol. The summed E-state index contributed by atoms with van der Waals surface area (Å²) in [5, 5.41) is 6.60. The number of nitrogens with one attached hydrogen (secondary N) is 1. The van der Waals surface area contributed by atoms with Crippen LogP contribution >= 0.6 is 0 Å². The Balaban J connectivity index is 2.36. The van der Waals surface area contributed by atoms with Gasteiger partial charge in [-0.15, -0.1) is 0 Å². The van der Waals surface area contributed by atoms with Crippen LogP contribution in [-0.4, -0.2) is 16.6 Å². The van der Waals surface area contributed by atoms with Gasteiger partial charge in [0, 0.05) is 12.3 Å². The molecule has 4 nitrogen and oxygen atoms in total. The van der Waals surface area contributed by atoms with Gasteiger partial charge in [-0.05, 0) is 12.1 Å². The van der Waals surface area contributed by atoms with Gasteiger partial charge < -0.3 is 0 Å². The van der Waals surface area contributed by atoms with Crippen molar-refractivity contribution in [1.29, 1.82) is 0 Å². The fourth-order valence-corrected chi connectivity index (χ4v) is 1.22. The van der Waals surface area contributed by atoms with Crippen molar-refractivity contribution in [3.8, 4) is 0 Å². The molecule has 0 bridgehead atoms. The van der Waals surface area contributed by atoms with E-state index in [1.807, 2.05) is 30.3 Å². The van der Waals surface area contributed by atoms with Crippen molar-refractivity contribution in [2.75, 3.05) is 4.90 Å². The first-order chi connectivity index (χ1) is 6.92. The zero-order valence-corrected chi connectivity index (χ0v) is 7.42. The minimum atomic E-state index is 0.589. The number of hydrogen-bond acceptors (Lipinski definition) is 2. The lowest BCUT2D eigenvalue weighted by Crippen LogP contribution is -2.14. The van der Waals surface area contributed by atoms with Gasteiger partial charge in [0.25, 0.3) is 0 Å². The average Bonchev–Trinajstić information content (AvgIpc) is 2.74. The molecule has 0 aliphatic rings. The van der Waals surface area contributed by atoms with E-state index in [4.69, 9.17) is 0 Å². The fraction of sp³-hybridized carbons (Fsp3) is 0. The van der Waals surface area contributed by atoms with Crippen LogP contribution < -0.4 is 4.90 Å². The molecule has 0 saturated heterocycles. The molecule has 1 aromatic carbocycles. The van der Waals surface area contributed by atoms with Crippen molar-refractivity contribution < 1.29 is 4.79 Å². The molecule has 0 spiro atoms. The molecule has 0 atom stereocenters. The van der Waals surface area contributed by atoms with Gasteiger partial charge in [-0.2, -0.15) is 5.10 Å². The van der Waals surface area contributed by atoms with Crippen molar-refractivity contribution in [2.45, 2.75) is 0 Å². The van der Waals surface area contributed by atoms with E-state index in [2.05, 4.69) is 10.2 Å².